The van der Waals surface area contributed by atoms with E-state index >= 15 is 0 Å². The Morgan fingerprint density at radius 1 is 1.32 bits per heavy atom. The number of rotatable bonds is 1. The van der Waals surface area contributed by atoms with Crippen LogP contribution in [0.3, 0.4) is 0 Å². The van der Waals surface area contributed by atoms with Gasteiger partial charge < -0.3 is 5.32 Å². The van der Waals surface area contributed by atoms with Crippen LogP contribution in [-0.4, -0.2) is 36.5 Å². The first-order valence-corrected chi connectivity index (χ1v) is 7.45. The molecule has 3 rings (SSSR count). The molecule has 104 valence electrons. The highest BCUT2D eigenvalue weighted by molar-refractivity contribution is 9.10. The maximum Gasteiger partial charge on any atom is 0.275 e. The van der Waals surface area contributed by atoms with Crippen LogP contribution < -0.4 is 5.32 Å². The average molecular weight is 331 g/mol. The van der Waals surface area contributed by atoms with Gasteiger partial charge in [-0.2, -0.15) is 0 Å². The molecule has 0 aliphatic carbocycles. The Hall–Kier alpha value is -0.520. The molecule has 0 amide bonds. The van der Waals surface area contributed by atoms with E-state index in [4.69, 9.17) is 0 Å². The molecule has 0 aromatic heterocycles. The molecule has 0 saturated carbocycles. The summed E-state index contributed by atoms with van der Waals surface area (Å²) in [6, 6.07) is 5.52. The van der Waals surface area contributed by atoms with E-state index in [9.17, 15) is 8.78 Å². The van der Waals surface area contributed by atoms with Gasteiger partial charge in [0, 0.05) is 17.6 Å². The lowest BCUT2D eigenvalue weighted by Crippen LogP contribution is -2.58. The van der Waals surface area contributed by atoms with Gasteiger partial charge in [-0.15, -0.1) is 0 Å². The van der Waals surface area contributed by atoms with Gasteiger partial charge in [-0.1, -0.05) is 22.0 Å². The molecule has 5 heteroatoms. The van der Waals surface area contributed by atoms with Crippen molar-refractivity contribution in [2.24, 2.45) is 0 Å². The molecule has 19 heavy (non-hydrogen) atoms. The molecule has 1 fully saturated rings. The van der Waals surface area contributed by atoms with Crippen LogP contribution in [0.15, 0.2) is 22.7 Å². The molecular weight excluding hydrogens is 314 g/mol. The Kier molecular flexibility index (Phi) is 3.62. The Balaban J connectivity index is 1.79. The topological polar surface area (TPSA) is 15.3 Å². The van der Waals surface area contributed by atoms with Crippen LogP contribution in [0.25, 0.3) is 0 Å². The molecule has 2 aliphatic heterocycles. The van der Waals surface area contributed by atoms with Crippen molar-refractivity contribution in [2.45, 2.75) is 31.4 Å². The summed E-state index contributed by atoms with van der Waals surface area (Å²) in [5.74, 6) is -2.62. The van der Waals surface area contributed by atoms with Crippen LogP contribution in [-0.2, 0) is 13.0 Å². The number of nitrogens with one attached hydrogen (secondary N) is 1. The first-order valence-electron chi connectivity index (χ1n) is 6.66. The fraction of sp³-hybridized carbons (Fsp3) is 0.571. The second kappa shape index (κ2) is 5.11. The molecule has 1 aromatic rings. The Morgan fingerprint density at radius 2 is 2.16 bits per heavy atom. The molecule has 1 unspecified atom stereocenters. The summed E-state index contributed by atoms with van der Waals surface area (Å²) in [6.45, 7) is 1.86. The predicted molar refractivity (Wildman–Crippen MR) is 74.5 cm³/mol. The second-order valence-corrected chi connectivity index (χ2v) is 6.29. The number of hydrogen-bond donors (Lipinski definition) is 1. The number of fused-ring (bicyclic) bond motifs is 1. The van der Waals surface area contributed by atoms with Gasteiger partial charge in [0.1, 0.15) is 0 Å². The average Bonchev–Trinajstić information content (AvgIpc) is 2.38. The van der Waals surface area contributed by atoms with Crippen LogP contribution in [0.4, 0.5) is 8.78 Å². The van der Waals surface area contributed by atoms with E-state index in [0.717, 1.165) is 17.4 Å². The molecular formula is C14H17BrF2N2. The van der Waals surface area contributed by atoms with Crippen LogP contribution in [0.2, 0.25) is 0 Å². The van der Waals surface area contributed by atoms with Gasteiger partial charge in [0.2, 0.25) is 0 Å². The highest BCUT2D eigenvalue weighted by Gasteiger charge is 2.45. The van der Waals surface area contributed by atoms with E-state index in [2.05, 4.69) is 27.3 Å². The zero-order valence-electron chi connectivity index (χ0n) is 10.6. The molecule has 1 aromatic carbocycles. The van der Waals surface area contributed by atoms with Crippen LogP contribution >= 0.6 is 15.9 Å². The van der Waals surface area contributed by atoms with Crippen molar-refractivity contribution in [2.75, 3.05) is 19.6 Å². The molecule has 1 saturated heterocycles. The highest BCUT2D eigenvalue weighted by Crippen LogP contribution is 2.32. The van der Waals surface area contributed by atoms with Gasteiger partial charge in [0.25, 0.3) is 5.92 Å². The predicted octanol–water partition coefficient (Wildman–Crippen LogP) is 2.80. The third kappa shape index (κ3) is 2.69. The van der Waals surface area contributed by atoms with Crippen molar-refractivity contribution in [1.82, 2.24) is 10.2 Å². The van der Waals surface area contributed by atoms with Crippen LogP contribution in [0.5, 0.6) is 0 Å². The van der Waals surface area contributed by atoms with Crippen molar-refractivity contribution in [1.29, 1.82) is 0 Å². The maximum absolute atomic E-state index is 14.0. The number of benzene rings is 1. The lowest BCUT2D eigenvalue weighted by Gasteiger charge is -2.42. The SMILES string of the molecule is FC1(F)CNCCC1N1CCc2cc(Br)ccc2C1. The molecule has 2 aliphatic rings. The van der Waals surface area contributed by atoms with Crippen LogP contribution in [0.1, 0.15) is 17.5 Å². The first kappa shape index (κ1) is 13.5. The minimum absolute atomic E-state index is 0.193. The Labute approximate surface area is 120 Å². The summed E-state index contributed by atoms with van der Waals surface area (Å²) in [7, 11) is 0. The van der Waals surface area contributed by atoms with Gasteiger partial charge >= 0.3 is 0 Å². The monoisotopic (exact) mass is 330 g/mol. The van der Waals surface area contributed by atoms with Gasteiger partial charge in [-0.3, -0.25) is 4.90 Å². The summed E-state index contributed by atoms with van der Waals surface area (Å²) in [6.07, 6.45) is 1.38. The number of nitrogens with zero attached hydrogens (tertiary/aromatic N) is 1. The highest BCUT2D eigenvalue weighted by atomic mass is 79.9. The second-order valence-electron chi connectivity index (χ2n) is 5.38. The summed E-state index contributed by atoms with van der Waals surface area (Å²) in [4.78, 5) is 1.96. The number of hydrogen-bond acceptors (Lipinski definition) is 2. The van der Waals surface area contributed by atoms with Crippen molar-refractivity contribution >= 4 is 15.9 Å². The van der Waals surface area contributed by atoms with Gasteiger partial charge in [0.05, 0.1) is 12.6 Å². The molecule has 0 radical (unpaired) electrons. The fourth-order valence-electron chi connectivity index (χ4n) is 3.08. The van der Waals surface area contributed by atoms with Gasteiger partial charge in [-0.25, -0.2) is 8.78 Å². The summed E-state index contributed by atoms with van der Waals surface area (Å²) in [5, 5.41) is 2.79. The lowest BCUT2D eigenvalue weighted by atomic mass is 9.94. The Morgan fingerprint density at radius 3 is 2.95 bits per heavy atom. The van der Waals surface area contributed by atoms with E-state index in [0.29, 0.717) is 19.5 Å². The number of halogens is 3. The minimum Gasteiger partial charge on any atom is -0.311 e. The van der Waals surface area contributed by atoms with E-state index < -0.39 is 12.0 Å². The van der Waals surface area contributed by atoms with Crippen molar-refractivity contribution in [3.63, 3.8) is 0 Å². The van der Waals surface area contributed by atoms with E-state index in [1.54, 1.807) is 0 Å². The molecule has 2 nitrogen and oxygen atoms in total. The summed E-state index contributed by atoms with van der Waals surface area (Å²) in [5.41, 5.74) is 2.46. The van der Waals surface area contributed by atoms with E-state index in [-0.39, 0.29) is 6.54 Å². The fourth-order valence-corrected chi connectivity index (χ4v) is 3.49. The zero-order valence-corrected chi connectivity index (χ0v) is 12.2. The van der Waals surface area contributed by atoms with E-state index in [1.807, 2.05) is 17.0 Å². The van der Waals surface area contributed by atoms with Crippen molar-refractivity contribution in [3.8, 4) is 0 Å². The standard InChI is InChI=1S/C14H17BrF2N2/c15-12-2-1-11-8-19(6-4-10(11)7-12)13-3-5-18-9-14(13,16)17/h1-2,7,13,18H,3-6,8-9H2. The van der Waals surface area contributed by atoms with Crippen LogP contribution in [0, 0.1) is 0 Å². The summed E-state index contributed by atoms with van der Waals surface area (Å²) < 4.78 is 29.0. The lowest BCUT2D eigenvalue weighted by molar-refractivity contribution is -0.0990. The van der Waals surface area contributed by atoms with Crippen molar-refractivity contribution in [3.05, 3.63) is 33.8 Å². The molecule has 0 spiro atoms. The molecule has 0 bridgehead atoms. The van der Waals surface area contributed by atoms with Crippen molar-refractivity contribution < 1.29 is 8.78 Å². The minimum atomic E-state index is -2.62. The Bertz CT molecular complexity index is 479. The molecule has 1 N–H and O–H groups in total. The third-order valence-corrected chi connectivity index (χ3v) is 4.59. The summed E-state index contributed by atoms with van der Waals surface area (Å²) >= 11 is 3.46. The number of alkyl halides is 2. The molecule has 1 atom stereocenters. The normalized spacial score (nSPS) is 27.0. The maximum atomic E-state index is 14.0. The smallest absolute Gasteiger partial charge is 0.275 e. The van der Waals surface area contributed by atoms with Gasteiger partial charge in [0.15, 0.2) is 0 Å². The van der Waals surface area contributed by atoms with E-state index in [1.165, 1.54) is 11.1 Å². The third-order valence-electron chi connectivity index (χ3n) is 4.09. The largest absolute Gasteiger partial charge is 0.311 e. The zero-order chi connectivity index (χ0) is 13.5. The number of piperidine rings is 1. The molecule has 2 heterocycles. The quantitative estimate of drug-likeness (QED) is 0.851. The first-order chi connectivity index (χ1) is 9.06. The van der Waals surface area contributed by atoms with Gasteiger partial charge in [-0.05, 0) is 42.6 Å².